The molecule has 0 radical (unpaired) electrons. The molecule has 0 amide bonds. The van der Waals surface area contributed by atoms with Crippen LogP contribution in [0.25, 0.3) is 0 Å². The Morgan fingerprint density at radius 3 is 3.15 bits per heavy atom. The lowest BCUT2D eigenvalue weighted by Crippen LogP contribution is -2.34. The molecule has 2 aromatic rings. The van der Waals surface area contributed by atoms with Crippen molar-refractivity contribution in [2.24, 2.45) is 0 Å². The quantitative estimate of drug-likeness (QED) is 0.910. The van der Waals surface area contributed by atoms with Crippen molar-refractivity contribution in [2.45, 2.75) is 45.2 Å². The number of nitrogens with one attached hydrogen (secondary N) is 1. The number of imidazole rings is 1. The number of aryl methyl sites for hydroxylation is 1. The van der Waals surface area contributed by atoms with Crippen molar-refractivity contribution in [1.29, 1.82) is 0 Å². The molecule has 0 spiro atoms. The van der Waals surface area contributed by atoms with Crippen LogP contribution in [-0.2, 0) is 13.1 Å². The lowest BCUT2D eigenvalue weighted by molar-refractivity contribution is 0.192. The highest BCUT2D eigenvalue weighted by Gasteiger charge is 2.23. The average molecular weight is 273 g/mol. The molecule has 1 unspecified atom stereocenters. The average Bonchev–Trinajstić information content (AvgIpc) is 3.12. The first-order valence-electron chi connectivity index (χ1n) is 7.58. The van der Waals surface area contributed by atoms with E-state index in [0.717, 1.165) is 26.1 Å². The molecule has 3 heterocycles. The fourth-order valence-electron chi connectivity index (χ4n) is 3.08. The molecular formula is C15H23N5. The summed E-state index contributed by atoms with van der Waals surface area (Å²) in [5.74, 6) is 1.78. The molecular weight excluding hydrogens is 250 g/mol. The largest absolute Gasteiger partial charge is 0.334 e. The Bertz CT molecular complexity index is 516. The van der Waals surface area contributed by atoms with Gasteiger partial charge in [0.15, 0.2) is 0 Å². The van der Waals surface area contributed by atoms with Crippen LogP contribution in [-0.4, -0.2) is 37.7 Å². The van der Waals surface area contributed by atoms with Crippen LogP contribution >= 0.6 is 0 Å². The Hall–Kier alpha value is -1.62. The van der Waals surface area contributed by atoms with E-state index in [1.165, 1.54) is 30.9 Å². The first kappa shape index (κ1) is 13.4. The predicted molar refractivity (Wildman–Crippen MR) is 78.4 cm³/mol. The molecule has 0 saturated carbocycles. The standard InChI is InChI=1S/C15H23N5/c1-2-8-20-10-7-16-15(20)12-19-9-3-4-13(11-19)14-5-6-17-18-14/h5-7,10,13H,2-4,8-9,11-12H2,1H3,(H,17,18). The molecule has 1 atom stereocenters. The Balaban J connectivity index is 1.64. The first-order valence-corrected chi connectivity index (χ1v) is 7.58. The summed E-state index contributed by atoms with van der Waals surface area (Å²) in [6.45, 7) is 6.49. The molecule has 5 heteroatoms. The molecule has 1 N–H and O–H groups in total. The van der Waals surface area contributed by atoms with Crippen LogP contribution in [0.5, 0.6) is 0 Å². The molecule has 1 aliphatic heterocycles. The lowest BCUT2D eigenvalue weighted by Gasteiger charge is -2.31. The number of aromatic nitrogens is 4. The van der Waals surface area contributed by atoms with Crippen molar-refractivity contribution in [1.82, 2.24) is 24.6 Å². The van der Waals surface area contributed by atoms with Gasteiger partial charge in [0.25, 0.3) is 0 Å². The molecule has 0 bridgehead atoms. The summed E-state index contributed by atoms with van der Waals surface area (Å²) in [6.07, 6.45) is 9.51. The highest BCUT2D eigenvalue weighted by atomic mass is 15.2. The van der Waals surface area contributed by atoms with Crippen LogP contribution in [0, 0.1) is 0 Å². The van der Waals surface area contributed by atoms with E-state index in [-0.39, 0.29) is 0 Å². The first-order chi connectivity index (χ1) is 9.86. The zero-order chi connectivity index (χ0) is 13.8. The SMILES string of the molecule is CCCn1ccnc1CN1CCCC(c2ccn[nH]2)C1. The van der Waals surface area contributed by atoms with E-state index >= 15 is 0 Å². The maximum Gasteiger partial charge on any atom is 0.122 e. The van der Waals surface area contributed by atoms with Crippen LogP contribution in [0.2, 0.25) is 0 Å². The number of hydrogen-bond acceptors (Lipinski definition) is 3. The number of aromatic amines is 1. The van der Waals surface area contributed by atoms with Gasteiger partial charge in [0, 0.05) is 43.3 Å². The van der Waals surface area contributed by atoms with Gasteiger partial charge in [0.2, 0.25) is 0 Å². The van der Waals surface area contributed by atoms with Crippen molar-refractivity contribution < 1.29 is 0 Å². The summed E-state index contributed by atoms with van der Waals surface area (Å²) < 4.78 is 2.28. The number of rotatable bonds is 5. The fraction of sp³-hybridized carbons (Fsp3) is 0.600. The zero-order valence-electron chi connectivity index (χ0n) is 12.1. The van der Waals surface area contributed by atoms with E-state index in [9.17, 15) is 0 Å². The molecule has 1 fully saturated rings. The van der Waals surface area contributed by atoms with Crippen LogP contribution in [0.4, 0.5) is 0 Å². The van der Waals surface area contributed by atoms with Gasteiger partial charge in [-0.25, -0.2) is 4.98 Å². The molecule has 1 saturated heterocycles. The van der Waals surface area contributed by atoms with Gasteiger partial charge in [-0.15, -0.1) is 0 Å². The minimum absolute atomic E-state index is 0.584. The number of nitrogens with zero attached hydrogens (tertiary/aromatic N) is 4. The highest BCUT2D eigenvalue weighted by Crippen LogP contribution is 2.25. The second kappa shape index (κ2) is 6.22. The van der Waals surface area contributed by atoms with Gasteiger partial charge in [0.1, 0.15) is 5.82 Å². The lowest BCUT2D eigenvalue weighted by atomic mass is 9.95. The number of H-pyrrole nitrogens is 1. The molecule has 3 rings (SSSR count). The summed E-state index contributed by atoms with van der Waals surface area (Å²) in [6, 6.07) is 2.10. The highest BCUT2D eigenvalue weighted by molar-refractivity contribution is 5.07. The van der Waals surface area contributed by atoms with E-state index in [1.807, 2.05) is 12.4 Å². The summed E-state index contributed by atoms with van der Waals surface area (Å²) in [5, 5.41) is 7.20. The summed E-state index contributed by atoms with van der Waals surface area (Å²) >= 11 is 0. The molecule has 20 heavy (non-hydrogen) atoms. The zero-order valence-corrected chi connectivity index (χ0v) is 12.1. The Labute approximate surface area is 120 Å². The maximum absolute atomic E-state index is 4.52. The van der Waals surface area contributed by atoms with E-state index in [4.69, 9.17) is 0 Å². The molecule has 2 aromatic heterocycles. The minimum atomic E-state index is 0.584. The topological polar surface area (TPSA) is 49.7 Å². The van der Waals surface area contributed by atoms with Gasteiger partial charge < -0.3 is 4.57 Å². The normalized spacial score (nSPS) is 20.4. The van der Waals surface area contributed by atoms with Crippen molar-refractivity contribution in [2.75, 3.05) is 13.1 Å². The Kier molecular flexibility index (Phi) is 4.16. The Morgan fingerprint density at radius 1 is 1.40 bits per heavy atom. The minimum Gasteiger partial charge on any atom is -0.334 e. The Morgan fingerprint density at radius 2 is 2.35 bits per heavy atom. The summed E-state index contributed by atoms with van der Waals surface area (Å²) in [7, 11) is 0. The third-order valence-corrected chi connectivity index (χ3v) is 4.10. The van der Waals surface area contributed by atoms with Gasteiger partial charge >= 0.3 is 0 Å². The second-order valence-electron chi connectivity index (χ2n) is 5.62. The van der Waals surface area contributed by atoms with Crippen molar-refractivity contribution in [3.05, 3.63) is 36.2 Å². The third kappa shape index (κ3) is 2.93. The predicted octanol–water partition coefficient (Wildman–Crippen LogP) is 2.40. The van der Waals surface area contributed by atoms with Crippen LogP contribution in [0.1, 0.15) is 43.6 Å². The van der Waals surface area contributed by atoms with Gasteiger partial charge in [0.05, 0.1) is 6.54 Å². The fourth-order valence-corrected chi connectivity index (χ4v) is 3.08. The van der Waals surface area contributed by atoms with Gasteiger partial charge in [-0.2, -0.15) is 5.10 Å². The maximum atomic E-state index is 4.52. The molecule has 108 valence electrons. The van der Waals surface area contributed by atoms with Crippen molar-refractivity contribution >= 4 is 0 Å². The van der Waals surface area contributed by atoms with Crippen LogP contribution < -0.4 is 0 Å². The summed E-state index contributed by atoms with van der Waals surface area (Å²) in [4.78, 5) is 7.04. The number of piperidine rings is 1. The van der Waals surface area contributed by atoms with Gasteiger partial charge in [-0.05, 0) is 31.9 Å². The molecule has 1 aliphatic rings. The van der Waals surface area contributed by atoms with Crippen LogP contribution in [0.15, 0.2) is 24.7 Å². The monoisotopic (exact) mass is 273 g/mol. The summed E-state index contributed by atoms with van der Waals surface area (Å²) in [5.41, 5.74) is 1.27. The molecule has 5 nitrogen and oxygen atoms in total. The van der Waals surface area contributed by atoms with Crippen molar-refractivity contribution in [3.63, 3.8) is 0 Å². The van der Waals surface area contributed by atoms with E-state index in [0.29, 0.717) is 5.92 Å². The third-order valence-electron chi connectivity index (χ3n) is 4.10. The smallest absolute Gasteiger partial charge is 0.122 e. The number of hydrogen-bond donors (Lipinski definition) is 1. The van der Waals surface area contributed by atoms with Crippen molar-refractivity contribution in [3.8, 4) is 0 Å². The number of likely N-dealkylation sites (tertiary alicyclic amines) is 1. The van der Waals surface area contributed by atoms with E-state index in [1.54, 1.807) is 0 Å². The molecule has 0 aromatic carbocycles. The second-order valence-corrected chi connectivity index (χ2v) is 5.62. The van der Waals surface area contributed by atoms with Gasteiger partial charge in [-0.3, -0.25) is 10.00 Å². The van der Waals surface area contributed by atoms with E-state index in [2.05, 4.69) is 43.8 Å². The van der Waals surface area contributed by atoms with E-state index < -0.39 is 0 Å². The van der Waals surface area contributed by atoms with Gasteiger partial charge in [-0.1, -0.05) is 6.92 Å². The molecule has 0 aliphatic carbocycles. The van der Waals surface area contributed by atoms with Crippen LogP contribution in [0.3, 0.4) is 0 Å².